The molecule has 0 amide bonds. The average Bonchev–Trinajstić information content (AvgIpc) is 1.88. The van der Waals surface area contributed by atoms with Crippen LogP contribution in [0.4, 0.5) is 5.82 Å². The predicted molar refractivity (Wildman–Crippen MR) is 42.3 cm³/mol. The van der Waals surface area contributed by atoms with Gasteiger partial charge in [-0.2, -0.15) is 0 Å². The largest absolute Gasteiger partial charge is 0.388 e. The SMILES string of the molecule is NC(=S)c1nccnc1N. The Labute approximate surface area is 63.3 Å². The Morgan fingerprint density at radius 2 is 2.00 bits per heavy atom. The summed E-state index contributed by atoms with van der Waals surface area (Å²) in [5.41, 5.74) is 11.0. The molecule has 0 aromatic carbocycles. The van der Waals surface area contributed by atoms with Gasteiger partial charge in [0.1, 0.15) is 10.7 Å². The molecule has 1 rings (SSSR count). The van der Waals surface area contributed by atoms with E-state index in [4.69, 9.17) is 11.5 Å². The van der Waals surface area contributed by atoms with Crippen LogP contribution < -0.4 is 11.5 Å². The van der Waals surface area contributed by atoms with Crippen molar-refractivity contribution in [1.29, 1.82) is 0 Å². The summed E-state index contributed by atoms with van der Waals surface area (Å²) in [5, 5.41) is 0. The highest BCUT2D eigenvalue weighted by atomic mass is 32.1. The third-order valence-electron chi connectivity index (χ3n) is 0.960. The molecule has 0 saturated carbocycles. The van der Waals surface area contributed by atoms with E-state index in [-0.39, 0.29) is 10.8 Å². The topological polar surface area (TPSA) is 77.8 Å². The van der Waals surface area contributed by atoms with Crippen LogP contribution in [0, 0.1) is 0 Å². The zero-order chi connectivity index (χ0) is 7.56. The molecule has 1 aromatic rings. The highest BCUT2D eigenvalue weighted by Gasteiger charge is 2.01. The Hall–Kier alpha value is -1.23. The Morgan fingerprint density at radius 3 is 2.40 bits per heavy atom. The van der Waals surface area contributed by atoms with E-state index in [1.807, 2.05) is 0 Å². The number of nitrogens with zero attached hydrogens (tertiary/aromatic N) is 2. The van der Waals surface area contributed by atoms with Crippen molar-refractivity contribution in [2.75, 3.05) is 5.73 Å². The molecule has 4 nitrogen and oxygen atoms in total. The number of hydrogen-bond donors (Lipinski definition) is 2. The van der Waals surface area contributed by atoms with Gasteiger partial charge in [0, 0.05) is 12.4 Å². The molecule has 0 saturated heterocycles. The van der Waals surface area contributed by atoms with Crippen LogP contribution in [0.2, 0.25) is 0 Å². The minimum atomic E-state index is 0.172. The highest BCUT2D eigenvalue weighted by molar-refractivity contribution is 7.80. The van der Waals surface area contributed by atoms with Crippen molar-refractivity contribution in [3.63, 3.8) is 0 Å². The molecule has 1 aromatic heterocycles. The van der Waals surface area contributed by atoms with Crippen LogP contribution in [0.25, 0.3) is 0 Å². The summed E-state index contributed by atoms with van der Waals surface area (Å²) in [6.45, 7) is 0. The van der Waals surface area contributed by atoms with Gasteiger partial charge in [0.15, 0.2) is 5.82 Å². The molecule has 10 heavy (non-hydrogen) atoms. The van der Waals surface area contributed by atoms with Crippen molar-refractivity contribution >= 4 is 23.0 Å². The summed E-state index contributed by atoms with van der Waals surface area (Å²) in [5.74, 6) is 0.273. The Morgan fingerprint density at radius 1 is 1.40 bits per heavy atom. The first kappa shape index (κ1) is 6.88. The van der Waals surface area contributed by atoms with E-state index in [0.29, 0.717) is 5.69 Å². The Balaban J connectivity index is 3.15. The van der Waals surface area contributed by atoms with Crippen LogP contribution in [0.1, 0.15) is 5.69 Å². The lowest BCUT2D eigenvalue weighted by atomic mass is 10.4. The molecule has 0 unspecified atom stereocenters. The molecule has 52 valence electrons. The van der Waals surface area contributed by atoms with Gasteiger partial charge >= 0.3 is 0 Å². The van der Waals surface area contributed by atoms with Gasteiger partial charge in [0.25, 0.3) is 0 Å². The molecule has 0 aliphatic carbocycles. The van der Waals surface area contributed by atoms with Gasteiger partial charge in [-0.25, -0.2) is 9.97 Å². The van der Waals surface area contributed by atoms with E-state index in [0.717, 1.165) is 0 Å². The average molecular weight is 154 g/mol. The molecule has 0 aliphatic rings. The van der Waals surface area contributed by atoms with Gasteiger partial charge in [-0.1, -0.05) is 12.2 Å². The van der Waals surface area contributed by atoms with Crippen LogP contribution in [-0.2, 0) is 0 Å². The third kappa shape index (κ3) is 1.19. The van der Waals surface area contributed by atoms with E-state index in [9.17, 15) is 0 Å². The fourth-order valence-corrected chi connectivity index (χ4v) is 0.696. The van der Waals surface area contributed by atoms with E-state index in [1.165, 1.54) is 12.4 Å². The molecule has 0 atom stereocenters. The second kappa shape index (κ2) is 2.57. The number of aromatic nitrogens is 2. The van der Waals surface area contributed by atoms with Crippen molar-refractivity contribution in [1.82, 2.24) is 9.97 Å². The molecule has 5 heteroatoms. The van der Waals surface area contributed by atoms with E-state index in [2.05, 4.69) is 22.2 Å². The zero-order valence-corrected chi connectivity index (χ0v) is 5.93. The maximum atomic E-state index is 5.38. The molecule has 1 heterocycles. The van der Waals surface area contributed by atoms with Gasteiger partial charge in [-0.3, -0.25) is 0 Å². The number of hydrogen-bond acceptors (Lipinski definition) is 4. The van der Waals surface area contributed by atoms with E-state index < -0.39 is 0 Å². The molecule has 0 spiro atoms. The van der Waals surface area contributed by atoms with Gasteiger partial charge in [0.2, 0.25) is 0 Å². The van der Waals surface area contributed by atoms with Crippen LogP contribution >= 0.6 is 12.2 Å². The smallest absolute Gasteiger partial charge is 0.152 e. The van der Waals surface area contributed by atoms with Crippen LogP contribution in [-0.4, -0.2) is 15.0 Å². The second-order valence-electron chi connectivity index (χ2n) is 1.65. The molecule has 4 N–H and O–H groups in total. The summed E-state index contributed by atoms with van der Waals surface area (Å²) in [7, 11) is 0. The molecular weight excluding hydrogens is 148 g/mol. The van der Waals surface area contributed by atoms with Crippen LogP contribution in [0.3, 0.4) is 0 Å². The molecule has 0 aliphatic heterocycles. The number of nitrogen functional groups attached to an aromatic ring is 1. The van der Waals surface area contributed by atoms with Gasteiger partial charge in [-0.15, -0.1) is 0 Å². The normalized spacial score (nSPS) is 9.20. The van der Waals surface area contributed by atoms with Crippen LogP contribution in [0.15, 0.2) is 12.4 Å². The minimum Gasteiger partial charge on any atom is -0.388 e. The van der Waals surface area contributed by atoms with Crippen LogP contribution in [0.5, 0.6) is 0 Å². The molecule has 0 bridgehead atoms. The number of thiocarbonyl (C=S) groups is 1. The Bertz CT molecular complexity index is 260. The lowest BCUT2D eigenvalue weighted by molar-refractivity contribution is 1.19. The monoisotopic (exact) mass is 154 g/mol. The quantitative estimate of drug-likeness (QED) is 0.543. The van der Waals surface area contributed by atoms with Gasteiger partial charge in [0.05, 0.1) is 0 Å². The second-order valence-corrected chi connectivity index (χ2v) is 2.09. The lowest BCUT2D eigenvalue weighted by Gasteiger charge is -1.97. The summed E-state index contributed by atoms with van der Waals surface area (Å²) >= 11 is 4.64. The number of rotatable bonds is 1. The van der Waals surface area contributed by atoms with E-state index in [1.54, 1.807) is 0 Å². The molecule has 0 fully saturated rings. The first-order valence-electron chi connectivity index (χ1n) is 2.58. The number of anilines is 1. The van der Waals surface area contributed by atoms with E-state index >= 15 is 0 Å². The minimum absolute atomic E-state index is 0.172. The van der Waals surface area contributed by atoms with Gasteiger partial charge in [-0.05, 0) is 0 Å². The lowest BCUT2D eigenvalue weighted by Crippen LogP contribution is -2.14. The summed E-state index contributed by atoms with van der Waals surface area (Å²) in [4.78, 5) is 7.74. The van der Waals surface area contributed by atoms with Crippen molar-refractivity contribution in [2.45, 2.75) is 0 Å². The molecular formula is C5H6N4S. The maximum absolute atomic E-state index is 5.38. The van der Waals surface area contributed by atoms with Crippen molar-refractivity contribution < 1.29 is 0 Å². The van der Waals surface area contributed by atoms with Gasteiger partial charge < -0.3 is 11.5 Å². The third-order valence-corrected chi connectivity index (χ3v) is 1.15. The first-order chi connectivity index (χ1) is 4.72. The zero-order valence-electron chi connectivity index (χ0n) is 5.11. The summed E-state index contributed by atoms with van der Waals surface area (Å²) in [6, 6.07) is 0. The van der Waals surface area contributed by atoms with Crippen molar-refractivity contribution in [2.24, 2.45) is 5.73 Å². The summed E-state index contributed by atoms with van der Waals surface area (Å²) in [6.07, 6.45) is 2.97. The maximum Gasteiger partial charge on any atom is 0.152 e. The number of nitrogens with two attached hydrogens (primary N) is 2. The Kier molecular flexibility index (Phi) is 1.77. The highest BCUT2D eigenvalue weighted by Crippen LogP contribution is 2.00. The van der Waals surface area contributed by atoms with Crippen molar-refractivity contribution in [3.05, 3.63) is 18.1 Å². The fraction of sp³-hybridized carbons (Fsp3) is 0. The molecule has 0 radical (unpaired) electrons. The summed E-state index contributed by atoms with van der Waals surface area (Å²) < 4.78 is 0. The standard InChI is InChI=1S/C5H6N4S/c6-4-3(5(7)10)8-1-2-9-4/h1-2H,(H2,6,9)(H2,7,10). The first-order valence-corrected chi connectivity index (χ1v) is 2.99. The van der Waals surface area contributed by atoms with Crippen molar-refractivity contribution in [3.8, 4) is 0 Å². The fourth-order valence-electron chi connectivity index (χ4n) is 0.539. The predicted octanol–water partition coefficient (Wildman–Crippen LogP) is -0.307.